The van der Waals surface area contributed by atoms with E-state index < -0.39 is 0 Å². The summed E-state index contributed by atoms with van der Waals surface area (Å²) in [5.74, 6) is 0.953. The van der Waals surface area contributed by atoms with E-state index in [1.165, 1.54) is 49.7 Å². The number of hydrogen-bond donors (Lipinski definition) is 0. The van der Waals surface area contributed by atoms with Crippen molar-refractivity contribution in [1.29, 1.82) is 0 Å². The van der Waals surface area contributed by atoms with E-state index >= 15 is 0 Å². The zero-order valence-corrected chi connectivity index (χ0v) is 15.5. The second kappa shape index (κ2) is 7.33. The third-order valence-electron chi connectivity index (χ3n) is 6.65. The Morgan fingerprint density at radius 2 is 1.28 bits per heavy atom. The van der Waals surface area contributed by atoms with Crippen LogP contribution in [0.15, 0.2) is 60.7 Å². The Balaban J connectivity index is 1.44. The quantitative estimate of drug-likeness (QED) is 0.644. The number of benzene rings is 2. The van der Waals surface area contributed by atoms with Gasteiger partial charge in [-0.05, 0) is 48.1 Å². The first-order chi connectivity index (χ1) is 12.2. The lowest BCUT2D eigenvalue weighted by molar-refractivity contribution is -0.0399. The third kappa shape index (κ3) is 3.98. The van der Waals surface area contributed by atoms with Crippen molar-refractivity contribution in [2.45, 2.75) is 64.6 Å². The van der Waals surface area contributed by atoms with Crippen molar-refractivity contribution in [3.63, 3.8) is 0 Å². The second-order valence-corrected chi connectivity index (χ2v) is 8.62. The molecule has 0 heterocycles. The molecule has 0 amide bonds. The molecule has 0 saturated heterocycles. The van der Waals surface area contributed by atoms with Crippen molar-refractivity contribution < 1.29 is 0 Å². The molecule has 2 aromatic rings. The van der Waals surface area contributed by atoms with Crippen LogP contribution in [-0.2, 0) is 13.1 Å². The van der Waals surface area contributed by atoms with E-state index in [0.717, 1.165) is 25.0 Å². The molecule has 0 aliphatic heterocycles. The van der Waals surface area contributed by atoms with Crippen molar-refractivity contribution in [3.05, 3.63) is 71.8 Å². The van der Waals surface area contributed by atoms with Crippen LogP contribution < -0.4 is 0 Å². The molecule has 1 spiro atoms. The zero-order valence-electron chi connectivity index (χ0n) is 15.5. The summed E-state index contributed by atoms with van der Waals surface area (Å²) in [6.07, 6.45) is 8.66. The normalized spacial score (nSPS) is 28.9. The molecule has 2 aromatic carbocycles. The molecule has 2 aliphatic carbocycles. The van der Waals surface area contributed by atoms with Gasteiger partial charge in [0, 0.05) is 19.1 Å². The smallest absolute Gasteiger partial charge is 0.0240 e. The van der Waals surface area contributed by atoms with E-state index in [4.69, 9.17) is 0 Å². The van der Waals surface area contributed by atoms with E-state index in [0.29, 0.717) is 5.41 Å². The SMILES string of the molecule is CC1CCC2(CC1)CC(N(Cc1ccccc1)Cc1ccccc1)C2. The molecule has 0 bridgehead atoms. The van der Waals surface area contributed by atoms with Gasteiger partial charge in [-0.15, -0.1) is 0 Å². The summed E-state index contributed by atoms with van der Waals surface area (Å²) in [7, 11) is 0. The molecule has 2 aliphatic rings. The van der Waals surface area contributed by atoms with E-state index in [1.807, 2.05) is 0 Å². The summed E-state index contributed by atoms with van der Waals surface area (Å²) in [6, 6.07) is 22.8. The van der Waals surface area contributed by atoms with Crippen LogP contribution in [0.25, 0.3) is 0 Å². The van der Waals surface area contributed by atoms with Gasteiger partial charge in [0.05, 0.1) is 0 Å². The Labute approximate surface area is 153 Å². The van der Waals surface area contributed by atoms with Crippen molar-refractivity contribution in [2.75, 3.05) is 0 Å². The summed E-state index contributed by atoms with van der Waals surface area (Å²) < 4.78 is 0. The maximum absolute atomic E-state index is 2.73. The molecule has 25 heavy (non-hydrogen) atoms. The van der Waals surface area contributed by atoms with Gasteiger partial charge < -0.3 is 0 Å². The maximum atomic E-state index is 2.73. The Morgan fingerprint density at radius 1 is 0.800 bits per heavy atom. The average Bonchev–Trinajstić information content (AvgIpc) is 2.62. The molecule has 0 atom stereocenters. The van der Waals surface area contributed by atoms with Crippen LogP contribution in [0.1, 0.15) is 56.6 Å². The molecule has 4 rings (SSSR count). The summed E-state index contributed by atoms with van der Waals surface area (Å²) in [4.78, 5) is 2.73. The molecule has 0 radical (unpaired) electrons. The number of hydrogen-bond acceptors (Lipinski definition) is 1. The highest BCUT2D eigenvalue weighted by Crippen LogP contribution is 2.54. The largest absolute Gasteiger partial charge is 0.292 e. The predicted octanol–water partition coefficient (Wildman–Crippen LogP) is 6.05. The molecule has 2 saturated carbocycles. The van der Waals surface area contributed by atoms with Crippen LogP contribution in [-0.4, -0.2) is 10.9 Å². The van der Waals surface area contributed by atoms with Gasteiger partial charge in [-0.3, -0.25) is 4.90 Å². The standard InChI is InChI=1S/C24H31N/c1-20-12-14-24(15-13-20)16-23(17-24)25(18-21-8-4-2-5-9-21)19-22-10-6-3-7-11-22/h2-11,20,23H,12-19H2,1H3. The molecule has 0 N–H and O–H groups in total. The monoisotopic (exact) mass is 333 g/mol. The molecular weight excluding hydrogens is 302 g/mol. The van der Waals surface area contributed by atoms with Gasteiger partial charge >= 0.3 is 0 Å². The minimum atomic E-state index is 0.683. The van der Waals surface area contributed by atoms with Gasteiger partial charge in [0.25, 0.3) is 0 Å². The van der Waals surface area contributed by atoms with Gasteiger partial charge in [-0.2, -0.15) is 0 Å². The van der Waals surface area contributed by atoms with Gasteiger partial charge in [0.15, 0.2) is 0 Å². The fraction of sp³-hybridized carbons (Fsp3) is 0.500. The van der Waals surface area contributed by atoms with Gasteiger partial charge in [-0.25, -0.2) is 0 Å². The molecular formula is C24H31N. The van der Waals surface area contributed by atoms with Crippen LogP contribution in [0.2, 0.25) is 0 Å². The Bertz CT molecular complexity index is 606. The molecule has 0 aromatic heterocycles. The van der Waals surface area contributed by atoms with E-state index in [-0.39, 0.29) is 0 Å². The Hall–Kier alpha value is -1.60. The summed E-state index contributed by atoms with van der Waals surface area (Å²) in [5.41, 5.74) is 3.57. The van der Waals surface area contributed by atoms with Crippen molar-refractivity contribution >= 4 is 0 Å². The van der Waals surface area contributed by atoms with Gasteiger partial charge in [-0.1, -0.05) is 80.4 Å². The van der Waals surface area contributed by atoms with Crippen molar-refractivity contribution in [2.24, 2.45) is 11.3 Å². The van der Waals surface area contributed by atoms with Crippen LogP contribution in [0.5, 0.6) is 0 Å². The van der Waals surface area contributed by atoms with E-state index in [2.05, 4.69) is 72.5 Å². The van der Waals surface area contributed by atoms with Crippen molar-refractivity contribution in [3.8, 4) is 0 Å². The van der Waals surface area contributed by atoms with Crippen molar-refractivity contribution in [1.82, 2.24) is 4.90 Å². The van der Waals surface area contributed by atoms with Crippen LogP contribution in [0.3, 0.4) is 0 Å². The average molecular weight is 334 g/mol. The molecule has 1 nitrogen and oxygen atoms in total. The maximum Gasteiger partial charge on any atom is 0.0240 e. The minimum absolute atomic E-state index is 0.683. The first-order valence-corrected chi connectivity index (χ1v) is 10.0. The topological polar surface area (TPSA) is 3.24 Å². The van der Waals surface area contributed by atoms with E-state index in [9.17, 15) is 0 Å². The fourth-order valence-electron chi connectivity index (χ4n) is 4.93. The summed E-state index contributed by atoms with van der Waals surface area (Å²) in [5, 5.41) is 0. The minimum Gasteiger partial charge on any atom is -0.292 e. The molecule has 2 fully saturated rings. The Morgan fingerprint density at radius 3 is 1.76 bits per heavy atom. The van der Waals surface area contributed by atoms with Crippen LogP contribution in [0, 0.1) is 11.3 Å². The van der Waals surface area contributed by atoms with E-state index in [1.54, 1.807) is 0 Å². The molecule has 132 valence electrons. The molecule has 0 unspecified atom stereocenters. The van der Waals surface area contributed by atoms with Gasteiger partial charge in [0.2, 0.25) is 0 Å². The van der Waals surface area contributed by atoms with Crippen LogP contribution in [0.4, 0.5) is 0 Å². The third-order valence-corrected chi connectivity index (χ3v) is 6.65. The van der Waals surface area contributed by atoms with Gasteiger partial charge in [0.1, 0.15) is 0 Å². The Kier molecular flexibility index (Phi) is 4.94. The lowest BCUT2D eigenvalue weighted by Crippen LogP contribution is -2.51. The summed E-state index contributed by atoms with van der Waals surface area (Å²) >= 11 is 0. The first kappa shape index (κ1) is 16.8. The fourth-order valence-corrected chi connectivity index (χ4v) is 4.93. The number of nitrogens with zero attached hydrogens (tertiary/aromatic N) is 1. The highest BCUT2D eigenvalue weighted by Gasteiger charge is 2.47. The number of rotatable bonds is 5. The highest BCUT2D eigenvalue weighted by atomic mass is 15.2. The zero-order chi connectivity index (χ0) is 17.1. The second-order valence-electron chi connectivity index (χ2n) is 8.62. The first-order valence-electron chi connectivity index (χ1n) is 10.0. The lowest BCUT2D eigenvalue weighted by atomic mass is 9.56. The lowest BCUT2D eigenvalue weighted by Gasteiger charge is -2.55. The molecule has 1 heteroatoms. The predicted molar refractivity (Wildman–Crippen MR) is 105 cm³/mol. The summed E-state index contributed by atoms with van der Waals surface area (Å²) in [6.45, 7) is 4.58. The van der Waals surface area contributed by atoms with Crippen LogP contribution >= 0.6 is 0 Å². The highest BCUT2D eigenvalue weighted by molar-refractivity contribution is 5.18.